The smallest absolute Gasteiger partial charge is 0.123 e. The molecule has 2 nitrogen and oxygen atoms in total. The second kappa shape index (κ2) is 7.57. The molecule has 0 fully saturated rings. The fraction of sp³-hybridized carbons (Fsp3) is 0.294. The van der Waals surface area contributed by atoms with E-state index in [1.165, 1.54) is 11.6 Å². The maximum Gasteiger partial charge on any atom is 0.123 e. The second-order valence-electron chi connectivity index (χ2n) is 4.89. The van der Waals surface area contributed by atoms with Gasteiger partial charge < -0.3 is 10.1 Å². The maximum absolute atomic E-state index is 13.4. The molecule has 0 bridgehead atoms. The molecular formula is C17H19BrFNO. The first-order chi connectivity index (χ1) is 10.1. The van der Waals surface area contributed by atoms with Gasteiger partial charge in [-0.25, -0.2) is 4.39 Å². The van der Waals surface area contributed by atoms with Crippen molar-refractivity contribution < 1.29 is 9.13 Å². The molecule has 0 radical (unpaired) electrons. The van der Waals surface area contributed by atoms with Gasteiger partial charge in [-0.3, -0.25) is 0 Å². The van der Waals surface area contributed by atoms with Gasteiger partial charge in [-0.15, -0.1) is 0 Å². The van der Waals surface area contributed by atoms with E-state index in [1.807, 2.05) is 19.2 Å². The van der Waals surface area contributed by atoms with Crippen molar-refractivity contribution in [1.82, 2.24) is 5.32 Å². The fourth-order valence-corrected chi connectivity index (χ4v) is 2.86. The van der Waals surface area contributed by atoms with Crippen LogP contribution in [0.15, 0.2) is 46.9 Å². The predicted molar refractivity (Wildman–Crippen MR) is 87.2 cm³/mol. The molecule has 2 aromatic rings. The SMILES string of the molecule is CNC(CCc1ccc(OC)cc1)c1cc(F)ccc1Br. The molecule has 0 aliphatic carbocycles. The minimum atomic E-state index is -0.210. The van der Waals surface area contributed by atoms with E-state index in [-0.39, 0.29) is 11.9 Å². The minimum Gasteiger partial charge on any atom is -0.497 e. The Hall–Kier alpha value is -1.39. The highest BCUT2D eigenvalue weighted by Gasteiger charge is 2.13. The quantitative estimate of drug-likeness (QED) is 0.827. The van der Waals surface area contributed by atoms with E-state index in [4.69, 9.17) is 4.74 Å². The number of nitrogens with one attached hydrogen (secondary N) is 1. The van der Waals surface area contributed by atoms with Crippen molar-refractivity contribution in [2.45, 2.75) is 18.9 Å². The Balaban J connectivity index is 2.06. The first kappa shape index (κ1) is 16.0. The van der Waals surface area contributed by atoms with E-state index in [0.29, 0.717) is 0 Å². The Morgan fingerprint density at radius 2 is 1.90 bits per heavy atom. The average molecular weight is 352 g/mol. The summed E-state index contributed by atoms with van der Waals surface area (Å²) >= 11 is 3.49. The summed E-state index contributed by atoms with van der Waals surface area (Å²) in [5.74, 6) is 0.648. The van der Waals surface area contributed by atoms with Crippen molar-refractivity contribution in [3.05, 3.63) is 63.9 Å². The summed E-state index contributed by atoms with van der Waals surface area (Å²) in [5.41, 5.74) is 2.19. The fourth-order valence-electron chi connectivity index (χ4n) is 2.34. The second-order valence-corrected chi connectivity index (χ2v) is 5.75. The highest BCUT2D eigenvalue weighted by Crippen LogP contribution is 2.27. The summed E-state index contributed by atoms with van der Waals surface area (Å²) in [5, 5.41) is 3.26. The molecule has 0 aromatic heterocycles. The largest absolute Gasteiger partial charge is 0.497 e. The minimum absolute atomic E-state index is 0.108. The zero-order valence-electron chi connectivity index (χ0n) is 12.2. The molecule has 112 valence electrons. The zero-order chi connectivity index (χ0) is 15.2. The van der Waals surface area contributed by atoms with Crippen LogP contribution in [0.2, 0.25) is 0 Å². The molecule has 2 rings (SSSR count). The van der Waals surface area contributed by atoms with Gasteiger partial charge in [-0.05, 0) is 61.3 Å². The van der Waals surface area contributed by atoms with Crippen LogP contribution in [0.5, 0.6) is 5.75 Å². The van der Waals surface area contributed by atoms with Crippen LogP contribution in [0, 0.1) is 5.82 Å². The zero-order valence-corrected chi connectivity index (χ0v) is 13.8. The molecule has 0 amide bonds. The Morgan fingerprint density at radius 3 is 2.52 bits per heavy atom. The third-order valence-corrected chi connectivity index (χ3v) is 4.28. The first-order valence-corrected chi connectivity index (χ1v) is 7.68. The molecule has 0 aliphatic heterocycles. The molecule has 0 heterocycles. The van der Waals surface area contributed by atoms with E-state index < -0.39 is 0 Å². The van der Waals surface area contributed by atoms with Gasteiger partial charge in [-0.2, -0.15) is 0 Å². The van der Waals surface area contributed by atoms with Crippen LogP contribution in [0.4, 0.5) is 4.39 Å². The molecule has 1 N–H and O–H groups in total. The number of ether oxygens (including phenoxy) is 1. The van der Waals surface area contributed by atoms with E-state index >= 15 is 0 Å². The van der Waals surface area contributed by atoms with Gasteiger partial charge in [0.25, 0.3) is 0 Å². The third kappa shape index (κ3) is 4.29. The highest BCUT2D eigenvalue weighted by molar-refractivity contribution is 9.10. The average Bonchev–Trinajstić information content (AvgIpc) is 2.51. The third-order valence-electron chi connectivity index (χ3n) is 3.56. The summed E-state index contributed by atoms with van der Waals surface area (Å²) < 4.78 is 19.5. The van der Waals surface area contributed by atoms with Gasteiger partial charge in [0.2, 0.25) is 0 Å². The lowest BCUT2D eigenvalue weighted by Gasteiger charge is -2.18. The monoisotopic (exact) mass is 351 g/mol. The molecule has 0 aliphatic rings. The topological polar surface area (TPSA) is 21.3 Å². The number of rotatable bonds is 6. The number of halogens is 2. The molecule has 1 unspecified atom stereocenters. The number of methoxy groups -OCH3 is 1. The Labute approximate surface area is 133 Å². The van der Waals surface area contributed by atoms with Gasteiger partial charge in [0, 0.05) is 10.5 Å². The van der Waals surface area contributed by atoms with Crippen molar-refractivity contribution in [2.75, 3.05) is 14.2 Å². The number of benzene rings is 2. The Bertz CT molecular complexity index is 586. The first-order valence-electron chi connectivity index (χ1n) is 6.89. The van der Waals surface area contributed by atoms with E-state index in [0.717, 1.165) is 28.6 Å². The Kier molecular flexibility index (Phi) is 5.76. The van der Waals surface area contributed by atoms with Crippen molar-refractivity contribution >= 4 is 15.9 Å². The van der Waals surface area contributed by atoms with Crippen molar-refractivity contribution in [2.24, 2.45) is 0 Å². The lowest BCUT2D eigenvalue weighted by Crippen LogP contribution is -2.17. The normalized spacial score (nSPS) is 12.2. The maximum atomic E-state index is 13.4. The molecule has 0 saturated carbocycles. The number of aryl methyl sites for hydroxylation is 1. The summed E-state index contributed by atoms with van der Waals surface area (Å²) in [6.07, 6.45) is 1.81. The van der Waals surface area contributed by atoms with E-state index in [1.54, 1.807) is 19.2 Å². The molecular weight excluding hydrogens is 333 g/mol. The molecule has 21 heavy (non-hydrogen) atoms. The van der Waals surface area contributed by atoms with Gasteiger partial charge in [0.05, 0.1) is 7.11 Å². The van der Waals surface area contributed by atoms with Gasteiger partial charge in [0.15, 0.2) is 0 Å². The number of hydrogen-bond acceptors (Lipinski definition) is 2. The van der Waals surface area contributed by atoms with Crippen LogP contribution in [-0.4, -0.2) is 14.2 Å². The van der Waals surface area contributed by atoms with E-state index in [9.17, 15) is 4.39 Å². The van der Waals surface area contributed by atoms with Crippen molar-refractivity contribution in [3.8, 4) is 5.75 Å². The van der Waals surface area contributed by atoms with Gasteiger partial charge >= 0.3 is 0 Å². The molecule has 2 aromatic carbocycles. The summed E-state index contributed by atoms with van der Waals surface area (Å²) in [6, 6.07) is 12.9. The summed E-state index contributed by atoms with van der Waals surface area (Å²) in [6.45, 7) is 0. The molecule has 0 spiro atoms. The summed E-state index contributed by atoms with van der Waals surface area (Å²) in [7, 11) is 3.56. The van der Waals surface area contributed by atoms with Crippen LogP contribution >= 0.6 is 15.9 Å². The summed E-state index contributed by atoms with van der Waals surface area (Å²) in [4.78, 5) is 0. The van der Waals surface area contributed by atoms with E-state index in [2.05, 4.69) is 33.4 Å². The van der Waals surface area contributed by atoms with Gasteiger partial charge in [-0.1, -0.05) is 28.1 Å². The standard InChI is InChI=1S/C17H19BrFNO/c1-20-17(15-11-13(19)6-9-16(15)18)10-5-12-3-7-14(21-2)8-4-12/h3-4,6-9,11,17,20H,5,10H2,1-2H3. The van der Waals surface area contributed by atoms with Gasteiger partial charge in [0.1, 0.15) is 11.6 Å². The van der Waals surface area contributed by atoms with Crippen LogP contribution in [0.25, 0.3) is 0 Å². The highest BCUT2D eigenvalue weighted by atomic mass is 79.9. The van der Waals surface area contributed by atoms with Crippen LogP contribution in [0.1, 0.15) is 23.6 Å². The Morgan fingerprint density at radius 1 is 1.19 bits per heavy atom. The lowest BCUT2D eigenvalue weighted by atomic mass is 9.99. The van der Waals surface area contributed by atoms with Crippen molar-refractivity contribution in [3.63, 3.8) is 0 Å². The molecule has 4 heteroatoms. The molecule has 1 atom stereocenters. The van der Waals surface area contributed by atoms with Crippen LogP contribution in [0.3, 0.4) is 0 Å². The predicted octanol–water partition coefficient (Wildman–Crippen LogP) is 4.49. The number of hydrogen-bond donors (Lipinski definition) is 1. The van der Waals surface area contributed by atoms with Crippen LogP contribution in [-0.2, 0) is 6.42 Å². The van der Waals surface area contributed by atoms with Crippen LogP contribution < -0.4 is 10.1 Å². The molecule has 0 saturated heterocycles. The van der Waals surface area contributed by atoms with Crippen molar-refractivity contribution in [1.29, 1.82) is 0 Å². The lowest BCUT2D eigenvalue weighted by molar-refractivity contribution is 0.414.